The zero-order chi connectivity index (χ0) is 32.5. The maximum Gasteiger partial charge on any atom is 0.337 e. The van der Waals surface area contributed by atoms with Gasteiger partial charge in [-0.05, 0) is 49.7 Å². The fraction of sp³-hybridized carbons (Fsp3) is 0.258. The summed E-state index contributed by atoms with van der Waals surface area (Å²) in [6.07, 6.45) is 0.184. The van der Waals surface area contributed by atoms with Gasteiger partial charge in [-0.25, -0.2) is 9.59 Å². The minimum absolute atomic E-state index is 0.163. The standard InChI is InChI=1S/C31H31Cl3N4O7/c1-4-43-25-12-18(28-27(30(40)42-3)17(2)36-31(41)37-28)9-10-24(25)44-16-26(39)38-35-14-20-11-21(32)13-23(34)29(20)45-15-19-7-5-6-8-22(19)33/h5-14,26,28,38-39H,4,15-16H2,1-3H3,(H2,36,37,41)/b35-14+/t26-,28-/m1/s1. The lowest BCUT2D eigenvalue weighted by Gasteiger charge is -2.28. The molecule has 2 amide bonds. The smallest absolute Gasteiger partial charge is 0.337 e. The van der Waals surface area contributed by atoms with Gasteiger partial charge in [-0.2, -0.15) is 5.10 Å². The lowest BCUT2D eigenvalue weighted by molar-refractivity contribution is -0.136. The van der Waals surface area contributed by atoms with Gasteiger partial charge in [0, 0.05) is 26.9 Å². The number of hydrogen-bond acceptors (Lipinski definition) is 9. The molecule has 14 heteroatoms. The number of urea groups is 1. The topological polar surface area (TPSA) is 140 Å². The molecule has 45 heavy (non-hydrogen) atoms. The number of hydrogen-bond donors (Lipinski definition) is 4. The SMILES string of the molecule is CCOc1cc([C@H]2NC(=O)NC(C)=C2C(=O)OC)ccc1OC[C@@H](O)N/N=C/c1cc(Cl)cc(Cl)c1OCc1ccccc1Cl. The van der Waals surface area contributed by atoms with E-state index >= 15 is 0 Å². The van der Waals surface area contributed by atoms with E-state index in [0.29, 0.717) is 50.7 Å². The molecule has 3 aromatic carbocycles. The van der Waals surface area contributed by atoms with E-state index < -0.39 is 24.3 Å². The number of allylic oxidation sites excluding steroid dienone is 1. The second-order valence-corrected chi connectivity index (χ2v) is 10.9. The van der Waals surface area contributed by atoms with Crippen LogP contribution in [0.1, 0.15) is 36.6 Å². The molecule has 238 valence electrons. The zero-order valence-electron chi connectivity index (χ0n) is 24.5. The van der Waals surface area contributed by atoms with Crippen molar-refractivity contribution in [1.82, 2.24) is 16.1 Å². The van der Waals surface area contributed by atoms with Gasteiger partial charge < -0.3 is 34.7 Å². The highest BCUT2D eigenvalue weighted by Gasteiger charge is 2.32. The molecule has 0 saturated carbocycles. The Morgan fingerprint density at radius 3 is 2.58 bits per heavy atom. The molecule has 4 rings (SSSR count). The molecule has 0 aliphatic carbocycles. The number of halogens is 3. The van der Waals surface area contributed by atoms with Crippen LogP contribution in [0.3, 0.4) is 0 Å². The van der Waals surface area contributed by atoms with Crippen LogP contribution < -0.4 is 30.3 Å². The number of aliphatic hydroxyl groups excluding tert-OH is 1. The Hall–Kier alpha value is -4.16. The van der Waals surface area contributed by atoms with Crippen molar-refractivity contribution < 1.29 is 33.6 Å². The van der Waals surface area contributed by atoms with Gasteiger partial charge in [0.2, 0.25) is 0 Å². The molecule has 1 heterocycles. The van der Waals surface area contributed by atoms with Crippen LogP contribution in [0.2, 0.25) is 15.1 Å². The van der Waals surface area contributed by atoms with E-state index in [4.69, 9.17) is 53.8 Å². The predicted octanol–water partition coefficient (Wildman–Crippen LogP) is 5.75. The maximum absolute atomic E-state index is 12.5. The Morgan fingerprint density at radius 2 is 1.84 bits per heavy atom. The first kappa shape index (κ1) is 33.7. The van der Waals surface area contributed by atoms with Gasteiger partial charge in [0.1, 0.15) is 19.0 Å². The lowest BCUT2D eigenvalue weighted by Crippen LogP contribution is -2.45. The van der Waals surface area contributed by atoms with Crippen LogP contribution in [-0.4, -0.2) is 49.9 Å². The summed E-state index contributed by atoms with van der Waals surface area (Å²) in [5.41, 5.74) is 5.02. The van der Waals surface area contributed by atoms with Gasteiger partial charge >= 0.3 is 12.0 Å². The lowest BCUT2D eigenvalue weighted by atomic mass is 9.95. The molecule has 1 aliphatic heterocycles. The maximum atomic E-state index is 12.5. The van der Waals surface area contributed by atoms with Crippen LogP contribution in [0.5, 0.6) is 17.2 Å². The summed E-state index contributed by atoms with van der Waals surface area (Å²) in [6, 6.07) is 14.1. The second-order valence-electron chi connectivity index (χ2n) is 9.60. The molecule has 0 saturated heterocycles. The summed E-state index contributed by atoms with van der Waals surface area (Å²) in [7, 11) is 1.27. The number of carbonyl (C=O) groups is 2. The number of nitrogens with one attached hydrogen (secondary N) is 3. The largest absolute Gasteiger partial charge is 0.490 e. The number of esters is 1. The third-order valence-electron chi connectivity index (χ3n) is 6.47. The molecule has 0 bridgehead atoms. The van der Waals surface area contributed by atoms with E-state index in [1.165, 1.54) is 13.3 Å². The van der Waals surface area contributed by atoms with Crippen LogP contribution in [0, 0.1) is 0 Å². The van der Waals surface area contributed by atoms with Crippen molar-refractivity contribution in [3.63, 3.8) is 0 Å². The Balaban J connectivity index is 1.43. The molecular formula is C31H31Cl3N4O7. The van der Waals surface area contributed by atoms with Crippen molar-refractivity contribution >= 4 is 53.0 Å². The summed E-state index contributed by atoms with van der Waals surface area (Å²) in [5, 5.41) is 21.1. The summed E-state index contributed by atoms with van der Waals surface area (Å²) >= 11 is 18.8. The summed E-state index contributed by atoms with van der Waals surface area (Å²) in [6.45, 7) is 3.68. The minimum atomic E-state index is -1.22. The van der Waals surface area contributed by atoms with Crippen LogP contribution in [0.25, 0.3) is 0 Å². The highest BCUT2D eigenvalue weighted by Crippen LogP contribution is 2.35. The number of hydrazone groups is 1. The Bertz CT molecular complexity index is 1620. The monoisotopic (exact) mass is 676 g/mol. The van der Waals surface area contributed by atoms with E-state index in [9.17, 15) is 14.7 Å². The molecule has 0 radical (unpaired) electrons. The Kier molecular flexibility index (Phi) is 11.8. The first-order chi connectivity index (χ1) is 21.6. The van der Waals surface area contributed by atoms with Crippen LogP contribution in [0.15, 0.2) is 71.0 Å². The molecule has 11 nitrogen and oxygen atoms in total. The van der Waals surface area contributed by atoms with Crippen LogP contribution >= 0.6 is 34.8 Å². The molecule has 3 aromatic rings. The van der Waals surface area contributed by atoms with E-state index in [-0.39, 0.29) is 23.8 Å². The number of benzene rings is 3. The molecule has 0 aromatic heterocycles. The van der Waals surface area contributed by atoms with Crippen LogP contribution in [-0.2, 0) is 16.1 Å². The van der Waals surface area contributed by atoms with E-state index in [2.05, 4.69) is 21.2 Å². The van der Waals surface area contributed by atoms with Crippen molar-refractivity contribution in [1.29, 1.82) is 0 Å². The highest BCUT2D eigenvalue weighted by atomic mass is 35.5. The molecule has 0 unspecified atom stereocenters. The van der Waals surface area contributed by atoms with Crippen LogP contribution in [0.4, 0.5) is 4.79 Å². The average molecular weight is 678 g/mol. The molecular weight excluding hydrogens is 647 g/mol. The number of aliphatic hydroxyl groups is 1. The van der Waals surface area contributed by atoms with E-state index in [1.54, 1.807) is 50.2 Å². The summed E-state index contributed by atoms with van der Waals surface area (Å²) < 4.78 is 22.4. The van der Waals surface area contributed by atoms with Gasteiger partial charge in [-0.3, -0.25) is 5.43 Å². The van der Waals surface area contributed by atoms with E-state index in [0.717, 1.165) is 5.56 Å². The number of amides is 2. The third-order valence-corrected chi connectivity index (χ3v) is 7.33. The number of rotatable bonds is 13. The van der Waals surface area contributed by atoms with Crippen molar-refractivity contribution in [2.24, 2.45) is 5.10 Å². The molecule has 2 atom stereocenters. The zero-order valence-corrected chi connectivity index (χ0v) is 26.8. The van der Waals surface area contributed by atoms with Gasteiger partial charge in [0.05, 0.1) is 36.6 Å². The van der Waals surface area contributed by atoms with Crippen molar-refractivity contribution in [2.45, 2.75) is 32.7 Å². The normalized spacial score (nSPS) is 15.3. The molecule has 0 spiro atoms. The molecule has 4 N–H and O–H groups in total. The van der Waals surface area contributed by atoms with Crippen molar-refractivity contribution in [3.05, 3.63) is 97.6 Å². The third kappa shape index (κ3) is 8.73. The fourth-order valence-corrected chi connectivity index (χ4v) is 5.16. The number of ether oxygens (including phenoxy) is 4. The molecule has 1 aliphatic rings. The quantitative estimate of drug-likeness (QED) is 0.0777. The molecule has 0 fully saturated rings. The van der Waals surface area contributed by atoms with Crippen molar-refractivity contribution in [3.8, 4) is 17.2 Å². The predicted molar refractivity (Wildman–Crippen MR) is 171 cm³/mol. The van der Waals surface area contributed by atoms with Gasteiger partial charge in [-0.15, -0.1) is 0 Å². The van der Waals surface area contributed by atoms with Gasteiger partial charge in [-0.1, -0.05) is 59.1 Å². The fourth-order valence-electron chi connectivity index (χ4n) is 4.41. The number of methoxy groups -OCH3 is 1. The number of carbonyl (C=O) groups excluding carboxylic acids is 2. The minimum Gasteiger partial charge on any atom is -0.490 e. The second kappa shape index (κ2) is 15.7. The summed E-state index contributed by atoms with van der Waals surface area (Å²) in [4.78, 5) is 24.6. The Morgan fingerprint density at radius 1 is 1.07 bits per heavy atom. The van der Waals surface area contributed by atoms with E-state index in [1.807, 2.05) is 18.2 Å². The van der Waals surface area contributed by atoms with Crippen molar-refractivity contribution in [2.75, 3.05) is 20.3 Å². The first-order valence-electron chi connectivity index (χ1n) is 13.7. The highest BCUT2D eigenvalue weighted by molar-refractivity contribution is 6.36. The van der Waals surface area contributed by atoms with Gasteiger partial charge in [0.15, 0.2) is 17.7 Å². The number of nitrogens with zero attached hydrogens (tertiary/aromatic N) is 1. The first-order valence-corrected chi connectivity index (χ1v) is 14.8. The summed E-state index contributed by atoms with van der Waals surface area (Å²) in [5.74, 6) is 0.415. The van der Waals surface area contributed by atoms with Gasteiger partial charge in [0.25, 0.3) is 0 Å². The average Bonchev–Trinajstić information content (AvgIpc) is 3.00. The Labute approximate surface area is 275 Å².